The minimum Gasteiger partial charge on any atom is -0.290 e. The van der Waals surface area contributed by atoms with Crippen molar-refractivity contribution in [3.63, 3.8) is 0 Å². The lowest BCUT2D eigenvalue weighted by atomic mass is 10.1. The first-order chi connectivity index (χ1) is 4.11. The van der Waals surface area contributed by atoms with Crippen molar-refractivity contribution in [2.45, 2.75) is 26.3 Å². The Labute approximate surface area is 56.4 Å². The molecule has 0 spiro atoms. The Kier molecular flexibility index (Phi) is 1.75. The normalized spacial score (nSPS) is 23.0. The van der Waals surface area contributed by atoms with Crippen LogP contribution in [0, 0.1) is 0 Å². The lowest BCUT2D eigenvalue weighted by molar-refractivity contribution is 0.114. The summed E-state index contributed by atoms with van der Waals surface area (Å²) >= 11 is 0. The predicted octanol–water partition coefficient (Wildman–Crippen LogP) is 0.110. The van der Waals surface area contributed by atoms with E-state index in [4.69, 9.17) is 0 Å². The smallest absolute Gasteiger partial charge is 0.0637 e. The molecule has 1 saturated heterocycles. The number of hydrogen-bond acceptors (Lipinski definition) is 3. The van der Waals surface area contributed by atoms with Gasteiger partial charge in [0.15, 0.2) is 0 Å². The molecule has 1 heterocycles. The third-order valence-corrected chi connectivity index (χ3v) is 1.47. The second-order valence-electron chi connectivity index (χ2n) is 3.34. The quantitative estimate of drug-likeness (QED) is 0.486. The lowest BCUT2D eigenvalue weighted by Crippen LogP contribution is -2.46. The van der Waals surface area contributed by atoms with Gasteiger partial charge in [0, 0.05) is 5.54 Å². The van der Waals surface area contributed by atoms with Gasteiger partial charge in [0.05, 0.1) is 13.3 Å². The molecule has 0 bridgehead atoms. The molecular formula is C6H15N3. The Morgan fingerprint density at radius 1 is 1.33 bits per heavy atom. The molecule has 0 radical (unpaired) electrons. The first-order valence-corrected chi connectivity index (χ1v) is 3.32. The summed E-state index contributed by atoms with van der Waals surface area (Å²) in [6.07, 6.45) is 0. The van der Waals surface area contributed by atoms with E-state index in [1.807, 2.05) is 0 Å². The Bertz CT molecular complexity index is 89.0. The zero-order chi connectivity index (χ0) is 6.91. The molecule has 0 aromatic carbocycles. The number of nitrogens with zero attached hydrogens (tertiary/aromatic N) is 1. The minimum atomic E-state index is 0.240. The average molecular weight is 129 g/mol. The predicted molar refractivity (Wildman–Crippen MR) is 37.6 cm³/mol. The molecule has 1 aliphatic heterocycles. The van der Waals surface area contributed by atoms with Gasteiger partial charge < -0.3 is 0 Å². The fourth-order valence-electron chi connectivity index (χ4n) is 0.849. The molecule has 54 valence electrons. The van der Waals surface area contributed by atoms with Crippen LogP contribution >= 0.6 is 0 Å². The van der Waals surface area contributed by atoms with E-state index in [9.17, 15) is 0 Å². The second-order valence-corrected chi connectivity index (χ2v) is 3.34. The van der Waals surface area contributed by atoms with Crippen LogP contribution < -0.4 is 10.7 Å². The van der Waals surface area contributed by atoms with Gasteiger partial charge in [-0.3, -0.25) is 5.32 Å². The maximum Gasteiger partial charge on any atom is 0.0637 e. The van der Waals surface area contributed by atoms with E-state index in [-0.39, 0.29) is 5.54 Å². The van der Waals surface area contributed by atoms with E-state index >= 15 is 0 Å². The van der Waals surface area contributed by atoms with Crippen LogP contribution in [-0.4, -0.2) is 23.9 Å². The standard InChI is InChI=1S/C6H15N3/c1-6(2,3)9-5-7-4-8-9/h7-8H,4-5H2,1-3H3. The van der Waals surface area contributed by atoms with Gasteiger partial charge in [0.25, 0.3) is 0 Å². The zero-order valence-corrected chi connectivity index (χ0v) is 6.36. The summed E-state index contributed by atoms with van der Waals surface area (Å²) in [6.45, 7) is 8.41. The van der Waals surface area contributed by atoms with Gasteiger partial charge in [0.2, 0.25) is 0 Å². The zero-order valence-electron chi connectivity index (χ0n) is 6.36. The maximum atomic E-state index is 3.22. The van der Waals surface area contributed by atoms with Gasteiger partial charge in [-0.05, 0) is 20.8 Å². The van der Waals surface area contributed by atoms with Gasteiger partial charge in [-0.15, -0.1) is 0 Å². The molecule has 3 heteroatoms. The van der Waals surface area contributed by atoms with Crippen molar-refractivity contribution in [2.24, 2.45) is 0 Å². The Balaban J connectivity index is 2.42. The first-order valence-electron chi connectivity index (χ1n) is 3.32. The van der Waals surface area contributed by atoms with Gasteiger partial charge in [0.1, 0.15) is 0 Å². The lowest BCUT2D eigenvalue weighted by Gasteiger charge is -2.29. The minimum absolute atomic E-state index is 0.240. The largest absolute Gasteiger partial charge is 0.290 e. The van der Waals surface area contributed by atoms with Crippen molar-refractivity contribution in [2.75, 3.05) is 13.3 Å². The van der Waals surface area contributed by atoms with Gasteiger partial charge >= 0.3 is 0 Å². The summed E-state index contributed by atoms with van der Waals surface area (Å²) in [4.78, 5) is 0. The highest BCUT2D eigenvalue weighted by Crippen LogP contribution is 2.09. The van der Waals surface area contributed by atoms with E-state index in [1.165, 1.54) is 0 Å². The summed E-state index contributed by atoms with van der Waals surface area (Å²) in [5.74, 6) is 0. The number of rotatable bonds is 0. The molecule has 0 unspecified atom stereocenters. The van der Waals surface area contributed by atoms with Gasteiger partial charge in [-0.25, -0.2) is 10.4 Å². The van der Waals surface area contributed by atoms with Crippen LogP contribution in [-0.2, 0) is 0 Å². The maximum absolute atomic E-state index is 3.22. The topological polar surface area (TPSA) is 27.3 Å². The van der Waals surface area contributed by atoms with Crippen molar-refractivity contribution in [1.29, 1.82) is 0 Å². The summed E-state index contributed by atoms with van der Waals surface area (Å²) in [5.41, 5.74) is 3.46. The summed E-state index contributed by atoms with van der Waals surface area (Å²) in [5, 5.41) is 5.38. The van der Waals surface area contributed by atoms with E-state index in [0.717, 1.165) is 13.3 Å². The average Bonchev–Trinajstić information content (AvgIpc) is 2.08. The Hall–Kier alpha value is -0.120. The first kappa shape index (κ1) is 6.99. The van der Waals surface area contributed by atoms with Crippen molar-refractivity contribution in [1.82, 2.24) is 15.8 Å². The highest BCUT2D eigenvalue weighted by atomic mass is 15.6. The van der Waals surface area contributed by atoms with Crippen molar-refractivity contribution in [3.8, 4) is 0 Å². The molecule has 0 saturated carbocycles. The second kappa shape index (κ2) is 2.25. The van der Waals surface area contributed by atoms with Crippen LogP contribution in [0.1, 0.15) is 20.8 Å². The molecule has 0 aliphatic carbocycles. The van der Waals surface area contributed by atoms with Crippen LogP contribution in [0.3, 0.4) is 0 Å². The van der Waals surface area contributed by atoms with Crippen molar-refractivity contribution in [3.05, 3.63) is 0 Å². The van der Waals surface area contributed by atoms with Gasteiger partial charge in [-0.2, -0.15) is 0 Å². The molecule has 0 aromatic heterocycles. The van der Waals surface area contributed by atoms with Crippen LogP contribution in [0.2, 0.25) is 0 Å². The molecule has 2 N–H and O–H groups in total. The molecular weight excluding hydrogens is 114 g/mol. The molecule has 3 nitrogen and oxygen atoms in total. The summed E-state index contributed by atoms with van der Waals surface area (Å²) in [7, 11) is 0. The van der Waals surface area contributed by atoms with E-state index in [0.29, 0.717) is 0 Å². The van der Waals surface area contributed by atoms with Crippen LogP contribution in [0.5, 0.6) is 0 Å². The summed E-state index contributed by atoms with van der Waals surface area (Å²) in [6, 6.07) is 0. The molecule has 9 heavy (non-hydrogen) atoms. The number of hydrogen-bond donors (Lipinski definition) is 2. The SMILES string of the molecule is CC(C)(C)N1CNCN1. The highest BCUT2D eigenvalue weighted by molar-refractivity contribution is 4.74. The molecule has 1 aliphatic rings. The van der Waals surface area contributed by atoms with E-state index in [1.54, 1.807) is 0 Å². The monoisotopic (exact) mass is 129 g/mol. The fraction of sp³-hybridized carbons (Fsp3) is 1.00. The molecule has 0 atom stereocenters. The highest BCUT2D eigenvalue weighted by Gasteiger charge is 2.23. The number of hydrazine groups is 1. The molecule has 0 amide bonds. The Morgan fingerprint density at radius 3 is 2.22 bits per heavy atom. The van der Waals surface area contributed by atoms with Crippen molar-refractivity contribution >= 4 is 0 Å². The fourth-order valence-corrected chi connectivity index (χ4v) is 0.849. The third-order valence-electron chi connectivity index (χ3n) is 1.47. The van der Waals surface area contributed by atoms with Crippen LogP contribution in [0.25, 0.3) is 0 Å². The third kappa shape index (κ3) is 1.64. The molecule has 1 fully saturated rings. The molecule has 0 aromatic rings. The van der Waals surface area contributed by atoms with Crippen molar-refractivity contribution < 1.29 is 0 Å². The number of nitrogens with one attached hydrogen (secondary N) is 2. The molecule has 1 rings (SSSR count). The van der Waals surface area contributed by atoms with Crippen LogP contribution in [0.4, 0.5) is 0 Å². The Morgan fingerprint density at radius 2 is 2.00 bits per heavy atom. The van der Waals surface area contributed by atoms with E-state index < -0.39 is 0 Å². The van der Waals surface area contributed by atoms with E-state index in [2.05, 4.69) is 36.5 Å². The summed E-state index contributed by atoms with van der Waals surface area (Å²) < 4.78 is 0. The van der Waals surface area contributed by atoms with Gasteiger partial charge in [-0.1, -0.05) is 0 Å². The van der Waals surface area contributed by atoms with Crippen LogP contribution in [0.15, 0.2) is 0 Å².